The highest BCUT2D eigenvalue weighted by atomic mass is 32.2. The lowest BCUT2D eigenvalue weighted by molar-refractivity contribution is -0.0938. The van der Waals surface area contributed by atoms with Crippen LogP contribution >= 0.6 is 0 Å². The Labute approximate surface area is 125 Å². The summed E-state index contributed by atoms with van der Waals surface area (Å²) in [6.45, 7) is 3.36. The first-order chi connectivity index (χ1) is 10.1. The summed E-state index contributed by atoms with van der Waals surface area (Å²) in [5.74, 6) is 0. The van der Waals surface area contributed by atoms with Crippen molar-refractivity contribution in [2.75, 3.05) is 19.8 Å². The van der Waals surface area contributed by atoms with Crippen LogP contribution in [-0.2, 0) is 19.5 Å². The fourth-order valence-electron chi connectivity index (χ4n) is 3.21. The van der Waals surface area contributed by atoms with Crippen molar-refractivity contribution in [1.29, 1.82) is 0 Å². The van der Waals surface area contributed by atoms with Gasteiger partial charge in [-0.15, -0.1) is 0 Å². The zero-order chi connectivity index (χ0) is 14.9. The molecule has 3 atom stereocenters. The molecule has 1 aliphatic heterocycles. The Hall–Kier alpha value is -1.02. The highest BCUT2D eigenvalue weighted by Crippen LogP contribution is 2.35. The molecule has 0 N–H and O–H groups in total. The summed E-state index contributed by atoms with van der Waals surface area (Å²) < 4.78 is 38.6. The third-order valence-electron chi connectivity index (χ3n) is 4.11. The van der Waals surface area contributed by atoms with Crippen molar-refractivity contribution in [3.63, 3.8) is 0 Å². The van der Waals surface area contributed by atoms with Gasteiger partial charge in [0.1, 0.15) is 11.0 Å². The molecule has 1 saturated heterocycles. The van der Waals surface area contributed by atoms with Crippen LogP contribution in [0, 0.1) is 0 Å². The Bertz CT molecular complexity index is 578. The minimum Gasteiger partial charge on any atom is -0.376 e. The minimum atomic E-state index is -3.52. The van der Waals surface area contributed by atoms with Gasteiger partial charge < -0.3 is 9.47 Å². The number of hydrogen-bond donors (Lipinski definition) is 0. The van der Waals surface area contributed by atoms with E-state index in [2.05, 4.69) is 4.98 Å². The molecule has 1 aliphatic carbocycles. The lowest BCUT2D eigenvalue weighted by Gasteiger charge is -2.37. The maximum atomic E-state index is 12.8. The summed E-state index contributed by atoms with van der Waals surface area (Å²) >= 11 is 0. The van der Waals surface area contributed by atoms with E-state index in [4.69, 9.17) is 9.47 Å². The van der Waals surface area contributed by atoms with E-state index in [1.54, 1.807) is 22.6 Å². The highest BCUT2D eigenvalue weighted by molar-refractivity contribution is 7.89. The second-order valence-electron chi connectivity index (χ2n) is 5.28. The first kappa shape index (κ1) is 14.9. The summed E-state index contributed by atoms with van der Waals surface area (Å²) in [5.41, 5.74) is 0. The standard InChI is InChI=1S/C14H20N2O4S/c1-2-19-13-6-5-12-14(13)20-9-8-16(12)21(17,18)11-4-3-7-15-10-11/h3-4,7,10,12-14H,2,5-6,8-9H2,1H3/t12-,13-,14-/m1/s1. The van der Waals surface area contributed by atoms with Crippen LogP contribution in [0.3, 0.4) is 0 Å². The van der Waals surface area contributed by atoms with Crippen molar-refractivity contribution in [2.45, 2.75) is 42.9 Å². The SMILES string of the molecule is CCO[C@@H]1CC[C@@H]2[C@H]1OCCN2S(=O)(=O)c1cccnc1. The Kier molecular flexibility index (Phi) is 4.26. The molecule has 1 saturated carbocycles. The molecule has 21 heavy (non-hydrogen) atoms. The van der Waals surface area contributed by atoms with Gasteiger partial charge in [-0.25, -0.2) is 8.42 Å². The van der Waals surface area contributed by atoms with Crippen molar-refractivity contribution in [1.82, 2.24) is 9.29 Å². The van der Waals surface area contributed by atoms with E-state index in [9.17, 15) is 8.42 Å². The van der Waals surface area contributed by atoms with Crippen LogP contribution < -0.4 is 0 Å². The number of rotatable bonds is 4. The molecule has 0 aromatic carbocycles. The average molecular weight is 312 g/mol. The molecule has 2 aliphatic rings. The zero-order valence-electron chi connectivity index (χ0n) is 12.0. The van der Waals surface area contributed by atoms with Gasteiger partial charge in [0.15, 0.2) is 0 Å². The molecule has 1 aromatic heterocycles. The molecule has 116 valence electrons. The van der Waals surface area contributed by atoms with E-state index in [0.29, 0.717) is 19.8 Å². The van der Waals surface area contributed by atoms with Crippen LogP contribution in [0.5, 0.6) is 0 Å². The Morgan fingerprint density at radius 1 is 1.48 bits per heavy atom. The second-order valence-corrected chi connectivity index (χ2v) is 7.17. The molecule has 0 unspecified atom stereocenters. The summed E-state index contributed by atoms with van der Waals surface area (Å²) in [5, 5.41) is 0. The van der Waals surface area contributed by atoms with Crippen molar-refractivity contribution < 1.29 is 17.9 Å². The molecular formula is C14H20N2O4S. The molecular weight excluding hydrogens is 292 g/mol. The molecule has 2 heterocycles. The number of ether oxygens (including phenoxy) is 2. The fraction of sp³-hybridized carbons (Fsp3) is 0.643. The van der Waals surface area contributed by atoms with Gasteiger partial charge in [-0.2, -0.15) is 4.31 Å². The summed E-state index contributed by atoms with van der Waals surface area (Å²) in [6, 6.07) is 3.09. The van der Waals surface area contributed by atoms with Gasteiger partial charge in [0, 0.05) is 25.5 Å². The normalized spacial score (nSPS) is 30.2. The van der Waals surface area contributed by atoms with Crippen LogP contribution in [0.1, 0.15) is 19.8 Å². The van der Waals surface area contributed by atoms with Crippen LogP contribution in [0.4, 0.5) is 0 Å². The van der Waals surface area contributed by atoms with Gasteiger partial charge in [0.25, 0.3) is 0 Å². The molecule has 1 aromatic rings. The number of fused-ring (bicyclic) bond motifs is 1. The van der Waals surface area contributed by atoms with E-state index >= 15 is 0 Å². The first-order valence-corrected chi connectivity index (χ1v) is 8.73. The fourth-order valence-corrected chi connectivity index (χ4v) is 4.82. The van der Waals surface area contributed by atoms with Gasteiger partial charge in [0.2, 0.25) is 10.0 Å². The molecule has 0 bridgehead atoms. The largest absolute Gasteiger partial charge is 0.376 e. The molecule has 3 rings (SSSR count). The topological polar surface area (TPSA) is 68.7 Å². The quantitative estimate of drug-likeness (QED) is 0.831. The third-order valence-corrected chi connectivity index (χ3v) is 6.01. The molecule has 2 fully saturated rings. The van der Waals surface area contributed by atoms with Gasteiger partial charge >= 0.3 is 0 Å². The Morgan fingerprint density at radius 3 is 3.05 bits per heavy atom. The van der Waals surface area contributed by atoms with E-state index < -0.39 is 10.0 Å². The van der Waals surface area contributed by atoms with Crippen molar-refractivity contribution in [3.05, 3.63) is 24.5 Å². The zero-order valence-corrected chi connectivity index (χ0v) is 12.8. The number of pyridine rings is 1. The van der Waals surface area contributed by atoms with Gasteiger partial charge in [-0.05, 0) is 31.9 Å². The maximum absolute atomic E-state index is 12.8. The smallest absolute Gasteiger partial charge is 0.245 e. The number of sulfonamides is 1. The maximum Gasteiger partial charge on any atom is 0.245 e. The molecule has 0 spiro atoms. The van der Waals surface area contributed by atoms with E-state index in [0.717, 1.165) is 12.8 Å². The van der Waals surface area contributed by atoms with Gasteiger partial charge in [0.05, 0.1) is 18.8 Å². The van der Waals surface area contributed by atoms with Crippen LogP contribution in [0.2, 0.25) is 0 Å². The number of morpholine rings is 1. The third kappa shape index (κ3) is 2.70. The van der Waals surface area contributed by atoms with Gasteiger partial charge in [-0.3, -0.25) is 4.98 Å². The van der Waals surface area contributed by atoms with Crippen molar-refractivity contribution >= 4 is 10.0 Å². The predicted octanol–water partition coefficient (Wildman–Crippen LogP) is 1.04. The van der Waals surface area contributed by atoms with Crippen LogP contribution in [-0.4, -0.2) is 55.7 Å². The Balaban J connectivity index is 1.86. The van der Waals surface area contributed by atoms with E-state index in [1.165, 1.54) is 6.20 Å². The van der Waals surface area contributed by atoms with E-state index in [-0.39, 0.29) is 23.1 Å². The van der Waals surface area contributed by atoms with Crippen LogP contribution in [0.15, 0.2) is 29.4 Å². The Morgan fingerprint density at radius 2 is 2.33 bits per heavy atom. The van der Waals surface area contributed by atoms with Crippen molar-refractivity contribution in [3.8, 4) is 0 Å². The van der Waals surface area contributed by atoms with E-state index in [1.807, 2.05) is 6.92 Å². The molecule has 0 radical (unpaired) electrons. The van der Waals surface area contributed by atoms with Gasteiger partial charge in [-0.1, -0.05) is 0 Å². The monoisotopic (exact) mass is 312 g/mol. The number of aromatic nitrogens is 1. The second kappa shape index (κ2) is 6.00. The first-order valence-electron chi connectivity index (χ1n) is 7.29. The summed E-state index contributed by atoms with van der Waals surface area (Å²) in [6.07, 6.45) is 4.41. The lowest BCUT2D eigenvalue weighted by atomic mass is 10.1. The summed E-state index contributed by atoms with van der Waals surface area (Å²) in [4.78, 5) is 4.16. The van der Waals surface area contributed by atoms with Crippen molar-refractivity contribution in [2.24, 2.45) is 0 Å². The molecule has 7 heteroatoms. The number of nitrogens with zero attached hydrogens (tertiary/aromatic N) is 2. The van der Waals surface area contributed by atoms with Crippen LogP contribution in [0.25, 0.3) is 0 Å². The highest BCUT2D eigenvalue weighted by Gasteiger charge is 2.47. The lowest BCUT2D eigenvalue weighted by Crippen LogP contribution is -2.53. The summed E-state index contributed by atoms with van der Waals surface area (Å²) in [7, 11) is -3.52. The molecule has 6 nitrogen and oxygen atoms in total. The average Bonchev–Trinajstić information content (AvgIpc) is 2.92. The predicted molar refractivity (Wildman–Crippen MR) is 76.3 cm³/mol. The molecule has 0 amide bonds. The number of hydrogen-bond acceptors (Lipinski definition) is 5. The minimum absolute atomic E-state index is 0.00750.